The Hall–Kier alpha value is -3.52. The second-order valence-corrected chi connectivity index (χ2v) is 9.57. The van der Waals surface area contributed by atoms with Gasteiger partial charge < -0.3 is 9.84 Å². The molecule has 2 N–H and O–H groups in total. The molecule has 0 spiro atoms. The van der Waals surface area contributed by atoms with Crippen LogP contribution < -0.4 is 5.32 Å². The molecule has 182 valence electrons. The number of amides is 1. The maximum atomic E-state index is 14.0. The van der Waals surface area contributed by atoms with Gasteiger partial charge in [0, 0.05) is 11.1 Å². The van der Waals surface area contributed by atoms with E-state index in [1.807, 2.05) is 0 Å². The molecule has 2 aliphatic carbocycles. The van der Waals surface area contributed by atoms with E-state index >= 15 is 0 Å². The number of aryl methyl sites for hydroxylation is 1. The van der Waals surface area contributed by atoms with Gasteiger partial charge >= 0.3 is 6.09 Å². The Balaban J connectivity index is 1.41. The summed E-state index contributed by atoms with van der Waals surface area (Å²) in [5.41, 5.74) is 3.44. The first-order valence-corrected chi connectivity index (χ1v) is 11.6. The van der Waals surface area contributed by atoms with Crippen LogP contribution >= 0.6 is 0 Å². The predicted octanol–water partition coefficient (Wildman–Crippen LogP) is 5.43. The lowest BCUT2D eigenvalue weighted by atomic mass is 9.65. The molecule has 35 heavy (non-hydrogen) atoms. The van der Waals surface area contributed by atoms with Crippen LogP contribution in [0.4, 0.5) is 19.3 Å². The second kappa shape index (κ2) is 8.61. The summed E-state index contributed by atoms with van der Waals surface area (Å²) >= 11 is 0. The number of rotatable bonds is 5. The highest BCUT2D eigenvalue weighted by Gasteiger charge is 2.54. The van der Waals surface area contributed by atoms with Crippen LogP contribution in [0.3, 0.4) is 0 Å². The molecule has 3 aromatic rings. The Morgan fingerprint density at radius 3 is 2.69 bits per heavy atom. The van der Waals surface area contributed by atoms with Gasteiger partial charge in [-0.05, 0) is 91.8 Å². The number of hydrogen-bond donors (Lipinski definition) is 2. The molecule has 1 saturated carbocycles. The third-order valence-electron chi connectivity index (χ3n) is 7.65. The maximum Gasteiger partial charge on any atom is 0.411 e. The van der Waals surface area contributed by atoms with Gasteiger partial charge in [-0.3, -0.25) is 5.32 Å². The molecule has 0 bridgehead atoms. The van der Waals surface area contributed by atoms with Gasteiger partial charge in [-0.1, -0.05) is 12.5 Å². The van der Waals surface area contributed by atoms with Crippen molar-refractivity contribution in [2.75, 3.05) is 12.4 Å². The van der Waals surface area contributed by atoms with E-state index in [-0.39, 0.29) is 5.82 Å². The average Bonchev–Trinajstić information content (AvgIpc) is 3.35. The van der Waals surface area contributed by atoms with Crippen LogP contribution in [-0.2, 0) is 17.6 Å². The van der Waals surface area contributed by atoms with Crippen molar-refractivity contribution in [2.45, 2.75) is 44.6 Å². The Bertz CT molecular complexity index is 1320. The summed E-state index contributed by atoms with van der Waals surface area (Å²) in [6.45, 7) is 2.07. The number of aromatic nitrogens is 2. The number of carbonyl (C=O) groups excluding carboxylic acids is 1. The summed E-state index contributed by atoms with van der Waals surface area (Å²) < 4.78 is 33.8. The van der Waals surface area contributed by atoms with Gasteiger partial charge in [0.2, 0.25) is 0 Å². The Kier molecular flexibility index (Phi) is 5.71. The first-order valence-electron chi connectivity index (χ1n) is 11.6. The van der Waals surface area contributed by atoms with Crippen LogP contribution in [0.15, 0.2) is 54.2 Å². The normalized spacial score (nSPS) is 22.8. The lowest BCUT2D eigenvalue weighted by molar-refractivity contribution is -0.0461. The highest BCUT2D eigenvalue weighted by molar-refractivity contribution is 5.85. The molecule has 0 saturated heterocycles. The largest absolute Gasteiger partial charge is 0.453 e. The van der Waals surface area contributed by atoms with Crippen LogP contribution in [0.1, 0.15) is 43.0 Å². The Labute approximate surface area is 202 Å². The minimum atomic E-state index is -1.01. The standard InChI is InChI=1S/C27H27F2N3O3/c1-26-15-18-16-30-32(22-6-3-20(28)4-7-22)24(18)14-19(26)10-12-27(26,34)11-9-17-13-21(29)5-8-23(17)31-25(33)35-2/h3-8,13-14,16,34H,9-12,15H2,1-2H3,(H,31,33)/t26-,27-/m0/s1. The third kappa shape index (κ3) is 4.01. The zero-order chi connectivity index (χ0) is 24.8. The second-order valence-electron chi connectivity index (χ2n) is 9.57. The number of aliphatic hydroxyl groups is 1. The fraction of sp³-hybridized carbons (Fsp3) is 0.333. The van der Waals surface area contributed by atoms with Crippen LogP contribution in [0.25, 0.3) is 11.8 Å². The molecular weight excluding hydrogens is 452 g/mol. The summed E-state index contributed by atoms with van der Waals surface area (Å²) in [4.78, 5) is 11.7. The van der Waals surface area contributed by atoms with E-state index in [0.29, 0.717) is 36.9 Å². The molecule has 5 rings (SSSR count). The van der Waals surface area contributed by atoms with Crippen molar-refractivity contribution in [3.63, 3.8) is 0 Å². The zero-order valence-electron chi connectivity index (χ0n) is 19.6. The lowest BCUT2D eigenvalue weighted by Gasteiger charge is -2.42. The number of ether oxygens (including phenoxy) is 1. The van der Waals surface area contributed by atoms with E-state index in [9.17, 15) is 18.7 Å². The number of halogens is 2. The van der Waals surface area contributed by atoms with E-state index in [4.69, 9.17) is 0 Å². The highest BCUT2D eigenvalue weighted by Crippen LogP contribution is 2.57. The number of anilines is 1. The van der Waals surface area contributed by atoms with Gasteiger partial charge in [0.15, 0.2) is 0 Å². The van der Waals surface area contributed by atoms with E-state index in [0.717, 1.165) is 28.9 Å². The van der Waals surface area contributed by atoms with Crippen molar-refractivity contribution in [1.82, 2.24) is 9.78 Å². The van der Waals surface area contributed by atoms with Gasteiger partial charge in [0.1, 0.15) is 11.6 Å². The number of benzene rings is 2. The molecule has 8 heteroatoms. The number of fused-ring (bicyclic) bond motifs is 2. The smallest absolute Gasteiger partial charge is 0.411 e. The first kappa shape index (κ1) is 23.2. The van der Waals surface area contributed by atoms with Crippen LogP contribution in [0.2, 0.25) is 0 Å². The Morgan fingerprint density at radius 1 is 1.20 bits per heavy atom. The third-order valence-corrected chi connectivity index (χ3v) is 7.65. The Morgan fingerprint density at radius 2 is 1.94 bits per heavy atom. The zero-order valence-corrected chi connectivity index (χ0v) is 19.6. The monoisotopic (exact) mass is 479 g/mol. The molecule has 1 amide bonds. The minimum Gasteiger partial charge on any atom is -0.453 e. The van der Waals surface area contributed by atoms with E-state index < -0.39 is 22.9 Å². The van der Waals surface area contributed by atoms with Crippen molar-refractivity contribution in [1.29, 1.82) is 0 Å². The fourth-order valence-corrected chi connectivity index (χ4v) is 5.51. The molecule has 0 radical (unpaired) electrons. The predicted molar refractivity (Wildman–Crippen MR) is 128 cm³/mol. The van der Waals surface area contributed by atoms with Gasteiger partial charge in [-0.15, -0.1) is 0 Å². The maximum absolute atomic E-state index is 14.0. The van der Waals surface area contributed by atoms with Gasteiger partial charge in [-0.25, -0.2) is 18.3 Å². The number of nitrogens with zero attached hydrogens (tertiary/aromatic N) is 2. The number of carbonyl (C=O) groups is 1. The summed E-state index contributed by atoms with van der Waals surface area (Å²) in [5, 5.41) is 19.0. The molecule has 0 unspecified atom stereocenters. The number of nitrogens with one attached hydrogen (secondary N) is 1. The van der Waals surface area contributed by atoms with E-state index in [1.54, 1.807) is 23.0 Å². The van der Waals surface area contributed by atoms with Crippen molar-refractivity contribution in [2.24, 2.45) is 5.41 Å². The number of hydrogen-bond acceptors (Lipinski definition) is 4. The first-order chi connectivity index (χ1) is 16.7. The highest BCUT2D eigenvalue weighted by atomic mass is 19.1. The molecule has 1 fully saturated rings. The minimum absolute atomic E-state index is 0.301. The van der Waals surface area contributed by atoms with E-state index in [2.05, 4.69) is 28.2 Å². The van der Waals surface area contributed by atoms with Crippen molar-refractivity contribution < 1.29 is 23.4 Å². The SMILES string of the molecule is COC(=O)Nc1ccc(F)cc1CC[C@]1(O)CCC2=Cc3c(cnn3-c3ccc(F)cc3)C[C@@]21C. The molecule has 2 aromatic carbocycles. The summed E-state index contributed by atoms with van der Waals surface area (Å²) in [5.74, 6) is -0.707. The average molecular weight is 480 g/mol. The topological polar surface area (TPSA) is 76.4 Å². The summed E-state index contributed by atoms with van der Waals surface area (Å²) in [7, 11) is 1.27. The molecule has 1 aromatic heterocycles. The molecule has 2 atom stereocenters. The van der Waals surface area contributed by atoms with Crippen molar-refractivity contribution >= 4 is 17.9 Å². The van der Waals surface area contributed by atoms with E-state index in [1.165, 1.54) is 37.4 Å². The van der Waals surface area contributed by atoms with Crippen LogP contribution in [0, 0.1) is 17.0 Å². The summed E-state index contributed by atoms with van der Waals surface area (Å²) in [6.07, 6.45) is 5.99. The lowest BCUT2D eigenvalue weighted by Crippen LogP contribution is -2.45. The van der Waals surface area contributed by atoms with Crippen molar-refractivity contribution in [3.8, 4) is 5.69 Å². The molecule has 0 aliphatic heterocycles. The van der Waals surface area contributed by atoms with Crippen LogP contribution in [0.5, 0.6) is 0 Å². The molecule has 1 heterocycles. The molecule has 6 nitrogen and oxygen atoms in total. The molecule has 2 aliphatic rings. The number of methoxy groups -OCH3 is 1. The van der Waals surface area contributed by atoms with Gasteiger partial charge in [0.05, 0.1) is 30.3 Å². The van der Waals surface area contributed by atoms with Crippen molar-refractivity contribution in [3.05, 3.63) is 82.7 Å². The van der Waals surface area contributed by atoms with Gasteiger partial charge in [-0.2, -0.15) is 5.10 Å². The van der Waals surface area contributed by atoms with Crippen LogP contribution in [-0.4, -0.2) is 33.7 Å². The quantitative estimate of drug-likeness (QED) is 0.512. The molecular formula is C27H27F2N3O3. The summed E-state index contributed by atoms with van der Waals surface area (Å²) in [6, 6.07) is 10.4. The fourth-order valence-electron chi connectivity index (χ4n) is 5.51. The van der Waals surface area contributed by atoms with Gasteiger partial charge in [0.25, 0.3) is 0 Å².